The maximum Gasteiger partial charge on any atom is 0.0521 e. The Morgan fingerprint density at radius 2 is 1.85 bits per heavy atom. The molecule has 0 atom stereocenters. The summed E-state index contributed by atoms with van der Waals surface area (Å²) in [6.07, 6.45) is 5.76. The van der Waals surface area contributed by atoms with Crippen LogP contribution in [0.5, 0.6) is 0 Å². The molecule has 0 N–H and O–H groups in total. The number of alkyl halides is 2. The first-order chi connectivity index (χ1) is 9.59. The molecular formula is C15H17BrCl2N2. The van der Waals surface area contributed by atoms with E-state index < -0.39 is 0 Å². The molecule has 0 fully saturated rings. The molecule has 0 aliphatic carbocycles. The smallest absolute Gasteiger partial charge is 0.0521 e. The van der Waals surface area contributed by atoms with Gasteiger partial charge in [0.25, 0.3) is 0 Å². The van der Waals surface area contributed by atoms with Gasteiger partial charge in [-0.05, 0) is 36.1 Å². The van der Waals surface area contributed by atoms with Gasteiger partial charge in [0.2, 0.25) is 0 Å². The second kappa shape index (κ2) is 6.97. The van der Waals surface area contributed by atoms with Crippen LogP contribution in [0, 0.1) is 0 Å². The van der Waals surface area contributed by atoms with Crippen LogP contribution < -0.4 is 0 Å². The zero-order valence-corrected chi connectivity index (χ0v) is 14.4. The lowest BCUT2D eigenvalue weighted by atomic mass is 9.79. The molecule has 0 spiro atoms. The summed E-state index contributed by atoms with van der Waals surface area (Å²) in [5, 5.41) is 4.20. The first kappa shape index (κ1) is 15.9. The number of benzene rings is 1. The van der Waals surface area contributed by atoms with Crippen molar-refractivity contribution < 1.29 is 0 Å². The predicted molar refractivity (Wildman–Crippen MR) is 88.8 cm³/mol. The molecule has 0 amide bonds. The van der Waals surface area contributed by atoms with E-state index >= 15 is 0 Å². The fraction of sp³-hybridized carbons (Fsp3) is 0.400. The third-order valence-corrected chi connectivity index (χ3v) is 5.17. The van der Waals surface area contributed by atoms with Crippen molar-refractivity contribution in [3.63, 3.8) is 0 Å². The summed E-state index contributed by atoms with van der Waals surface area (Å²) in [7, 11) is 1.93. The molecule has 0 aliphatic rings. The molecule has 108 valence electrons. The van der Waals surface area contributed by atoms with Crippen LogP contribution in [-0.4, -0.2) is 21.5 Å². The van der Waals surface area contributed by atoms with Crippen LogP contribution in [0.2, 0.25) is 0 Å². The Morgan fingerprint density at radius 1 is 1.20 bits per heavy atom. The third-order valence-electron chi connectivity index (χ3n) is 3.62. The van der Waals surface area contributed by atoms with Crippen molar-refractivity contribution in [1.29, 1.82) is 0 Å². The summed E-state index contributed by atoms with van der Waals surface area (Å²) >= 11 is 16.0. The molecule has 0 aliphatic heterocycles. The molecule has 20 heavy (non-hydrogen) atoms. The van der Waals surface area contributed by atoms with E-state index in [4.69, 9.17) is 23.2 Å². The van der Waals surface area contributed by atoms with Gasteiger partial charge in [0.1, 0.15) is 0 Å². The van der Waals surface area contributed by atoms with Crippen molar-refractivity contribution in [2.75, 3.05) is 11.8 Å². The number of halogens is 3. The Kier molecular flexibility index (Phi) is 5.53. The Hall–Kier alpha value is -0.510. The van der Waals surface area contributed by atoms with E-state index in [1.165, 1.54) is 11.1 Å². The van der Waals surface area contributed by atoms with Gasteiger partial charge in [-0.1, -0.05) is 28.1 Å². The highest BCUT2D eigenvalue weighted by Gasteiger charge is 2.30. The molecule has 1 heterocycles. The maximum atomic E-state index is 6.25. The van der Waals surface area contributed by atoms with Gasteiger partial charge in [0, 0.05) is 34.9 Å². The van der Waals surface area contributed by atoms with Gasteiger partial charge < -0.3 is 0 Å². The standard InChI is InChI=1S/C15H17BrCl2N2/c1-20-9-12(8-19-20)6-7-15(10-17,11-18)13-2-4-14(16)5-3-13/h2-5,8-9H,6-7,10-11H2,1H3. The van der Waals surface area contributed by atoms with Gasteiger partial charge >= 0.3 is 0 Å². The van der Waals surface area contributed by atoms with E-state index in [-0.39, 0.29) is 5.41 Å². The predicted octanol–water partition coefficient (Wildman–Crippen LogP) is 4.53. The lowest BCUT2D eigenvalue weighted by Crippen LogP contribution is -2.31. The van der Waals surface area contributed by atoms with E-state index in [9.17, 15) is 0 Å². The summed E-state index contributed by atoms with van der Waals surface area (Å²) in [6, 6.07) is 8.26. The Morgan fingerprint density at radius 3 is 2.35 bits per heavy atom. The lowest BCUT2D eigenvalue weighted by molar-refractivity contribution is 0.492. The second-order valence-electron chi connectivity index (χ2n) is 5.08. The number of rotatable bonds is 6. The highest BCUT2D eigenvalue weighted by Crippen LogP contribution is 2.33. The van der Waals surface area contributed by atoms with Gasteiger partial charge in [-0.25, -0.2) is 0 Å². The summed E-state index contributed by atoms with van der Waals surface area (Å²) < 4.78 is 2.88. The highest BCUT2D eigenvalue weighted by atomic mass is 79.9. The molecule has 0 radical (unpaired) electrons. The van der Waals surface area contributed by atoms with Crippen LogP contribution in [0.3, 0.4) is 0 Å². The molecule has 0 saturated heterocycles. The molecule has 1 aromatic carbocycles. The third kappa shape index (κ3) is 3.57. The molecule has 0 unspecified atom stereocenters. The quantitative estimate of drug-likeness (QED) is 0.678. The number of aryl methyl sites for hydroxylation is 2. The van der Waals surface area contributed by atoms with Gasteiger partial charge in [0.15, 0.2) is 0 Å². The highest BCUT2D eigenvalue weighted by molar-refractivity contribution is 9.10. The number of hydrogen-bond donors (Lipinski definition) is 0. The molecule has 0 saturated carbocycles. The minimum absolute atomic E-state index is 0.195. The Bertz CT molecular complexity index is 547. The van der Waals surface area contributed by atoms with Crippen molar-refractivity contribution in [2.45, 2.75) is 18.3 Å². The van der Waals surface area contributed by atoms with Gasteiger partial charge in [-0.2, -0.15) is 5.10 Å². The number of nitrogens with zero attached hydrogens (tertiary/aromatic N) is 2. The Labute approximate surface area is 138 Å². The topological polar surface area (TPSA) is 17.8 Å². The molecule has 2 rings (SSSR count). The van der Waals surface area contributed by atoms with E-state index in [0.29, 0.717) is 11.8 Å². The lowest BCUT2D eigenvalue weighted by Gasteiger charge is -2.30. The Balaban J connectivity index is 2.18. The first-order valence-electron chi connectivity index (χ1n) is 6.45. The average Bonchev–Trinajstić information content (AvgIpc) is 2.88. The van der Waals surface area contributed by atoms with Crippen molar-refractivity contribution >= 4 is 39.1 Å². The van der Waals surface area contributed by atoms with E-state index in [1.54, 1.807) is 0 Å². The molecule has 2 nitrogen and oxygen atoms in total. The largest absolute Gasteiger partial charge is 0.276 e. The van der Waals surface area contributed by atoms with Gasteiger partial charge in [0.05, 0.1) is 6.20 Å². The minimum atomic E-state index is -0.195. The van der Waals surface area contributed by atoms with Crippen molar-refractivity contribution in [1.82, 2.24) is 9.78 Å². The maximum absolute atomic E-state index is 6.25. The molecule has 2 aromatic rings. The zero-order valence-electron chi connectivity index (χ0n) is 11.3. The fourth-order valence-electron chi connectivity index (χ4n) is 2.26. The SMILES string of the molecule is Cn1cc(CCC(CCl)(CCl)c2ccc(Br)cc2)cn1. The molecular weight excluding hydrogens is 359 g/mol. The van der Waals surface area contributed by atoms with Gasteiger partial charge in [-0.15, -0.1) is 23.2 Å². The van der Waals surface area contributed by atoms with Gasteiger partial charge in [-0.3, -0.25) is 4.68 Å². The molecule has 1 aromatic heterocycles. The summed E-state index contributed by atoms with van der Waals surface area (Å²) in [4.78, 5) is 0. The van der Waals surface area contributed by atoms with Crippen LogP contribution in [0.25, 0.3) is 0 Å². The van der Waals surface area contributed by atoms with E-state index in [0.717, 1.165) is 17.3 Å². The summed E-state index contributed by atoms with van der Waals surface area (Å²) in [5.74, 6) is 1.02. The summed E-state index contributed by atoms with van der Waals surface area (Å²) in [5.41, 5.74) is 2.21. The first-order valence-corrected chi connectivity index (χ1v) is 8.31. The van der Waals surface area contributed by atoms with Crippen molar-refractivity contribution in [3.05, 3.63) is 52.3 Å². The van der Waals surface area contributed by atoms with E-state index in [2.05, 4.69) is 33.2 Å². The second-order valence-corrected chi connectivity index (χ2v) is 6.53. The summed E-state index contributed by atoms with van der Waals surface area (Å²) in [6.45, 7) is 0. The number of aromatic nitrogens is 2. The van der Waals surface area contributed by atoms with Crippen LogP contribution in [-0.2, 0) is 18.9 Å². The zero-order chi connectivity index (χ0) is 14.6. The van der Waals surface area contributed by atoms with Crippen LogP contribution in [0.1, 0.15) is 17.5 Å². The average molecular weight is 376 g/mol. The van der Waals surface area contributed by atoms with Crippen molar-refractivity contribution in [2.24, 2.45) is 7.05 Å². The molecule has 5 heteroatoms. The van der Waals surface area contributed by atoms with E-state index in [1.807, 2.05) is 36.3 Å². The number of hydrogen-bond acceptors (Lipinski definition) is 1. The monoisotopic (exact) mass is 374 g/mol. The fourth-order valence-corrected chi connectivity index (χ4v) is 3.38. The normalized spacial score (nSPS) is 11.8. The van der Waals surface area contributed by atoms with Crippen LogP contribution in [0.15, 0.2) is 41.1 Å². The van der Waals surface area contributed by atoms with Crippen molar-refractivity contribution in [3.8, 4) is 0 Å². The minimum Gasteiger partial charge on any atom is -0.276 e. The van der Waals surface area contributed by atoms with Crippen LogP contribution in [0.4, 0.5) is 0 Å². The molecule has 0 bridgehead atoms. The van der Waals surface area contributed by atoms with Crippen LogP contribution >= 0.6 is 39.1 Å².